The third kappa shape index (κ3) is 1.54. The van der Waals surface area contributed by atoms with Crippen LogP contribution in [0.2, 0.25) is 0 Å². The van der Waals surface area contributed by atoms with Crippen LogP contribution in [0.1, 0.15) is 46.5 Å². The van der Waals surface area contributed by atoms with Crippen LogP contribution in [0.15, 0.2) is 0 Å². The minimum absolute atomic E-state index is 0.248. The highest BCUT2D eigenvalue weighted by Gasteiger charge is 2.67. The molecule has 0 radical (unpaired) electrons. The molecule has 4 heteroatoms. The molecule has 0 N–H and O–H groups in total. The molecular weight excluding hydrogens is 244 g/mol. The largest absolute Gasteiger partial charge is 0.349 e. The third-order valence-corrected chi connectivity index (χ3v) is 5.97. The second kappa shape index (κ2) is 3.94. The molecule has 1 spiro atoms. The van der Waals surface area contributed by atoms with Crippen molar-refractivity contribution in [3.8, 4) is 0 Å². The van der Waals surface area contributed by atoms with Gasteiger partial charge in [0.05, 0.1) is 6.61 Å². The Kier molecular flexibility index (Phi) is 2.61. The third-order valence-electron chi connectivity index (χ3n) is 5.97. The van der Waals surface area contributed by atoms with Crippen LogP contribution in [-0.2, 0) is 19.2 Å². The van der Waals surface area contributed by atoms with Gasteiger partial charge in [0.25, 0.3) is 0 Å². The fourth-order valence-corrected chi connectivity index (χ4v) is 4.88. The summed E-state index contributed by atoms with van der Waals surface area (Å²) in [4.78, 5) is 11.7. The van der Waals surface area contributed by atoms with E-state index in [0.717, 1.165) is 19.4 Å². The van der Waals surface area contributed by atoms with Gasteiger partial charge in [0.15, 0.2) is 11.9 Å². The first kappa shape index (κ1) is 12.6. The Labute approximate surface area is 114 Å². The number of hydrogen-bond acceptors (Lipinski definition) is 4. The van der Waals surface area contributed by atoms with E-state index < -0.39 is 5.79 Å². The van der Waals surface area contributed by atoms with Crippen LogP contribution in [0.4, 0.5) is 0 Å². The Morgan fingerprint density at radius 2 is 1.74 bits per heavy atom. The van der Waals surface area contributed by atoms with Gasteiger partial charge in [-0.1, -0.05) is 13.8 Å². The lowest BCUT2D eigenvalue weighted by Gasteiger charge is -2.58. The van der Waals surface area contributed by atoms with Gasteiger partial charge < -0.3 is 9.47 Å². The van der Waals surface area contributed by atoms with Gasteiger partial charge in [-0.15, -0.1) is 0 Å². The summed E-state index contributed by atoms with van der Waals surface area (Å²) < 4.78 is 12.2. The van der Waals surface area contributed by atoms with Crippen molar-refractivity contribution in [2.24, 2.45) is 23.7 Å². The molecule has 4 heterocycles. The molecule has 0 amide bonds. The summed E-state index contributed by atoms with van der Waals surface area (Å²) in [5.41, 5.74) is -0.370. The Morgan fingerprint density at radius 3 is 2.58 bits per heavy atom. The highest BCUT2D eigenvalue weighted by Crippen LogP contribution is 2.59. The zero-order chi connectivity index (χ0) is 13.3. The molecular formula is C15H24O4. The molecule has 2 bridgehead atoms. The summed E-state index contributed by atoms with van der Waals surface area (Å²) >= 11 is 0. The first-order valence-corrected chi connectivity index (χ1v) is 7.71. The van der Waals surface area contributed by atoms with Gasteiger partial charge in [-0.05, 0) is 43.9 Å². The average Bonchev–Trinajstić information content (AvgIpc) is 2.61. The Morgan fingerprint density at radius 1 is 0.947 bits per heavy atom. The van der Waals surface area contributed by atoms with Crippen LogP contribution in [0.5, 0.6) is 0 Å². The zero-order valence-electron chi connectivity index (χ0n) is 12.1. The quantitative estimate of drug-likeness (QED) is 0.633. The standard InChI is InChI=1S/C15H24O4/c1-9-4-5-11-10(2)8-16-13-15(11)12(9)6-7-14(3,17-13)18-19-15/h9-13H,4-8H2,1-3H3/t9-,10+,11+,12?,13-,14+,15+/m1/s1. The van der Waals surface area contributed by atoms with Crippen molar-refractivity contribution in [3.63, 3.8) is 0 Å². The SMILES string of the molecule is C[C@@H]1CC[C@H]2[C@@H](C)CO[C@@H]3O[C@]4(C)CCC1[C@]32OO4. The van der Waals surface area contributed by atoms with Crippen LogP contribution >= 0.6 is 0 Å². The monoisotopic (exact) mass is 268 g/mol. The van der Waals surface area contributed by atoms with E-state index in [2.05, 4.69) is 13.8 Å². The van der Waals surface area contributed by atoms with E-state index in [1.54, 1.807) is 0 Å². The van der Waals surface area contributed by atoms with Crippen molar-refractivity contribution in [2.75, 3.05) is 6.61 Å². The van der Waals surface area contributed by atoms with Crippen molar-refractivity contribution in [2.45, 2.75) is 64.1 Å². The van der Waals surface area contributed by atoms with Crippen LogP contribution < -0.4 is 0 Å². The van der Waals surface area contributed by atoms with Crippen molar-refractivity contribution in [1.29, 1.82) is 0 Å². The number of rotatable bonds is 0. The highest BCUT2D eigenvalue weighted by atomic mass is 17.3. The van der Waals surface area contributed by atoms with E-state index in [0.29, 0.717) is 23.7 Å². The average molecular weight is 268 g/mol. The normalized spacial score (nSPS) is 60.5. The van der Waals surface area contributed by atoms with Gasteiger partial charge in [0.2, 0.25) is 5.79 Å². The van der Waals surface area contributed by atoms with Crippen LogP contribution in [0.3, 0.4) is 0 Å². The molecule has 4 saturated heterocycles. The lowest BCUT2D eigenvalue weighted by molar-refractivity contribution is -0.566. The fraction of sp³-hybridized carbons (Fsp3) is 1.00. The van der Waals surface area contributed by atoms with E-state index in [1.807, 2.05) is 6.92 Å². The first-order valence-electron chi connectivity index (χ1n) is 7.71. The number of fused-ring (bicyclic) bond motifs is 2. The molecule has 108 valence electrons. The van der Waals surface area contributed by atoms with E-state index in [1.165, 1.54) is 12.8 Å². The minimum atomic E-state index is -0.627. The summed E-state index contributed by atoms with van der Waals surface area (Å²) in [5, 5.41) is 0. The molecule has 19 heavy (non-hydrogen) atoms. The molecule has 0 aromatic carbocycles. The lowest BCUT2D eigenvalue weighted by atomic mass is 9.58. The molecule has 1 unspecified atom stereocenters. The predicted molar refractivity (Wildman–Crippen MR) is 67.9 cm³/mol. The van der Waals surface area contributed by atoms with Crippen molar-refractivity contribution in [1.82, 2.24) is 0 Å². The number of hydrogen-bond donors (Lipinski definition) is 0. The summed E-state index contributed by atoms with van der Waals surface area (Å²) in [6.07, 6.45) is 4.24. The molecule has 5 rings (SSSR count). The molecule has 1 aliphatic carbocycles. The van der Waals surface area contributed by atoms with Crippen molar-refractivity contribution in [3.05, 3.63) is 0 Å². The Hall–Kier alpha value is -0.160. The predicted octanol–water partition coefficient (Wildman–Crippen LogP) is 2.87. The summed E-state index contributed by atoms with van der Waals surface area (Å²) in [6.45, 7) is 7.36. The topological polar surface area (TPSA) is 36.9 Å². The second-order valence-corrected chi connectivity index (χ2v) is 7.22. The van der Waals surface area contributed by atoms with Crippen LogP contribution in [0.25, 0.3) is 0 Å². The Bertz CT molecular complexity index is 386. The fourth-order valence-electron chi connectivity index (χ4n) is 4.88. The van der Waals surface area contributed by atoms with Gasteiger partial charge in [-0.25, -0.2) is 9.78 Å². The van der Waals surface area contributed by atoms with Gasteiger partial charge in [-0.2, -0.15) is 0 Å². The Balaban J connectivity index is 1.81. The van der Waals surface area contributed by atoms with Gasteiger partial charge in [-0.3, -0.25) is 0 Å². The zero-order valence-corrected chi connectivity index (χ0v) is 12.1. The molecule has 5 aliphatic rings. The summed E-state index contributed by atoms with van der Waals surface area (Å²) in [5.74, 6) is 1.53. The smallest absolute Gasteiger partial charge is 0.201 e. The van der Waals surface area contributed by atoms with E-state index in [4.69, 9.17) is 19.2 Å². The van der Waals surface area contributed by atoms with Crippen LogP contribution in [0, 0.1) is 23.7 Å². The van der Waals surface area contributed by atoms with Gasteiger partial charge in [0, 0.05) is 12.3 Å². The van der Waals surface area contributed by atoms with E-state index >= 15 is 0 Å². The molecule has 7 atom stereocenters. The van der Waals surface area contributed by atoms with Crippen LogP contribution in [-0.4, -0.2) is 24.3 Å². The highest BCUT2D eigenvalue weighted by molar-refractivity contribution is 5.08. The van der Waals surface area contributed by atoms with E-state index in [-0.39, 0.29) is 11.9 Å². The maximum Gasteiger partial charge on any atom is 0.201 e. The lowest BCUT2D eigenvalue weighted by Crippen LogP contribution is -2.68. The van der Waals surface area contributed by atoms with Gasteiger partial charge >= 0.3 is 0 Å². The van der Waals surface area contributed by atoms with E-state index in [9.17, 15) is 0 Å². The molecule has 0 aromatic heterocycles. The first-order chi connectivity index (χ1) is 9.05. The van der Waals surface area contributed by atoms with Crippen molar-refractivity contribution >= 4 is 0 Å². The molecule has 0 aromatic rings. The summed E-state index contributed by atoms with van der Waals surface area (Å²) in [7, 11) is 0. The molecule has 4 aliphatic heterocycles. The van der Waals surface area contributed by atoms with Gasteiger partial charge in [0.1, 0.15) is 0 Å². The molecule has 5 fully saturated rings. The second-order valence-electron chi connectivity index (χ2n) is 7.22. The molecule has 4 nitrogen and oxygen atoms in total. The maximum atomic E-state index is 6.16. The molecule has 1 saturated carbocycles. The van der Waals surface area contributed by atoms with Crippen molar-refractivity contribution < 1.29 is 19.2 Å². The summed E-state index contributed by atoms with van der Waals surface area (Å²) in [6, 6.07) is 0. The minimum Gasteiger partial charge on any atom is -0.349 e. The maximum absolute atomic E-state index is 6.16. The number of ether oxygens (including phenoxy) is 2.